The second-order valence-corrected chi connectivity index (χ2v) is 4.03. The lowest BCUT2D eigenvalue weighted by Gasteiger charge is -2.08. The van der Waals surface area contributed by atoms with E-state index in [1.807, 2.05) is 48.3 Å². The van der Waals surface area contributed by atoms with Gasteiger partial charge in [-0.05, 0) is 12.1 Å². The molecule has 0 saturated carbocycles. The number of nitrogens with two attached hydrogens (primary N) is 1. The quantitative estimate of drug-likeness (QED) is 0.742. The monoisotopic (exact) mass is 239 g/mol. The maximum absolute atomic E-state index is 6.03. The summed E-state index contributed by atoms with van der Waals surface area (Å²) in [4.78, 5) is 0. The van der Waals surface area contributed by atoms with Crippen LogP contribution in [0.3, 0.4) is 0 Å². The van der Waals surface area contributed by atoms with Gasteiger partial charge in [-0.25, -0.2) is 4.68 Å². The maximum atomic E-state index is 6.03. The van der Waals surface area contributed by atoms with E-state index in [4.69, 9.17) is 5.73 Å². The van der Waals surface area contributed by atoms with Crippen LogP contribution in [-0.2, 0) is 7.05 Å². The molecule has 3 rings (SSSR count). The molecule has 1 aromatic carbocycles. The van der Waals surface area contributed by atoms with Gasteiger partial charge in [-0.2, -0.15) is 10.2 Å². The lowest BCUT2D eigenvalue weighted by atomic mass is 10.1. The van der Waals surface area contributed by atoms with Crippen molar-refractivity contribution < 1.29 is 0 Å². The first-order valence-corrected chi connectivity index (χ1v) is 5.64. The Balaban J connectivity index is 2.22. The molecule has 0 amide bonds. The van der Waals surface area contributed by atoms with Crippen molar-refractivity contribution in [3.05, 3.63) is 48.9 Å². The molecule has 3 aromatic rings. The first-order chi connectivity index (χ1) is 8.77. The number of para-hydroxylation sites is 1. The van der Waals surface area contributed by atoms with Crippen molar-refractivity contribution in [3.8, 4) is 16.8 Å². The molecule has 2 aromatic heterocycles. The largest absolute Gasteiger partial charge is 0.383 e. The van der Waals surface area contributed by atoms with Gasteiger partial charge in [0.05, 0.1) is 11.9 Å². The Hall–Kier alpha value is -2.56. The van der Waals surface area contributed by atoms with Crippen LogP contribution in [0.25, 0.3) is 16.8 Å². The van der Waals surface area contributed by atoms with Gasteiger partial charge in [0.2, 0.25) is 0 Å². The van der Waals surface area contributed by atoms with Crippen LogP contribution in [0.1, 0.15) is 0 Å². The van der Waals surface area contributed by atoms with Crippen molar-refractivity contribution in [2.75, 3.05) is 5.73 Å². The summed E-state index contributed by atoms with van der Waals surface area (Å²) >= 11 is 0. The number of nitrogens with zero attached hydrogens (tertiary/aromatic N) is 4. The second kappa shape index (κ2) is 4.03. The summed E-state index contributed by atoms with van der Waals surface area (Å²) in [6.07, 6.45) is 5.44. The minimum Gasteiger partial charge on any atom is -0.383 e. The van der Waals surface area contributed by atoms with Crippen molar-refractivity contribution in [1.29, 1.82) is 0 Å². The fraction of sp³-hybridized carbons (Fsp3) is 0.0769. The van der Waals surface area contributed by atoms with E-state index in [0.717, 1.165) is 16.8 Å². The average Bonchev–Trinajstić information content (AvgIpc) is 3.02. The Kier molecular flexibility index (Phi) is 2.37. The van der Waals surface area contributed by atoms with Gasteiger partial charge in [-0.1, -0.05) is 18.2 Å². The normalized spacial score (nSPS) is 10.7. The molecular weight excluding hydrogens is 226 g/mol. The van der Waals surface area contributed by atoms with Gasteiger partial charge < -0.3 is 5.73 Å². The van der Waals surface area contributed by atoms with Crippen molar-refractivity contribution in [2.24, 2.45) is 7.05 Å². The third kappa shape index (κ3) is 1.57. The van der Waals surface area contributed by atoms with E-state index in [1.54, 1.807) is 17.1 Å². The topological polar surface area (TPSA) is 61.7 Å². The van der Waals surface area contributed by atoms with Crippen LogP contribution in [0.4, 0.5) is 5.82 Å². The van der Waals surface area contributed by atoms with Gasteiger partial charge >= 0.3 is 0 Å². The third-order valence-electron chi connectivity index (χ3n) is 2.93. The van der Waals surface area contributed by atoms with Gasteiger partial charge in [-0.3, -0.25) is 4.68 Å². The molecule has 5 heteroatoms. The number of rotatable bonds is 2. The highest BCUT2D eigenvalue weighted by atomic mass is 15.3. The molecule has 0 spiro atoms. The first kappa shape index (κ1) is 10.6. The van der Waals surface area contributed by atoms with Crippen molar-refractivity contribution in [3.63, 3.8) is 0 Å². The van der Waals surface area contributed by atoms with Crippen molar-refractivity contribution in [1.82, 2.24) is 19.6 Å². The predicted molar refractivity (Wildman–Crippen MR) is 70.2 cm³/mol. The Bertz CT molecular complexity index is 667. The Morgan fingerprint density at radius 3 is 2.56 bits per heavy atom. The van der Waals surface area contributed by atoms with Gasteiger partial charge in [-0.15, -0.1) is 0 Å². The summed E-state index contributed by atoms with van der Waals surface area (Å²) in [5.74, 6) is 0.648. The number of aromatic nitrogens is 4. The van der Waals surface area contributed by atoms with E-state index in [-0.39, 0.29) is 0 Å². The molecule has 0 aliphatic rings. The molecule has 0 aliphatic heterocycles. The lowest BCUT2D eigenvalue weighted by molar-refractivity contribution is 0.779. The maximum Gasteiger partial charge on any atom is 0.129 e. The fourth-order valence-electron chi connectivity index (χ4n) is 1.97. The van der Waals surface area contributed by atoms with Crippen LogP contribution >= 0.6 is 0 Å². The summed E-state index contributed by atoms with van der Waals surface area (Å²) in [7, 11) is 1.83. The minimum atomic E-state index is 0.648. The zero-order valence-corrected chi connectivity index (χ0v) is 9.99. The summed E-state index contributed by atoms with van der Waals surface area (Å²) in [5, 5.41) is 8.43. The number of benzene rings is 1. The van der Waals surface area contributed by atoms with Crippen LogP contribution < -0.4 is 5.73 Å². The van der Waals surface area contributed by atoms with Crippen LogP contribution in [0, 0.1) is 0 Å². The molecule has 2 heterocycles. The molecule has 18 heavy (non-hydrogen) atoms. The van der Waals surface area contributed by atoms with E-state index in [2.05, 4.69) is 10.2 Å². The van der Waals surface area contributed by atoms with E-state index in [9.17, 15) is 0 Å². The zero-order chi connectivity index (χ0) is 12.5. The van der Waals surface area contributed by atoms with Crippen LogP contribution in [0.5, 0.6) is 0 Å². The average molecular weight is 239 g/mol. The molecule has 5 nitrogen and oxygen atoms in total. The molecule has 0 radical (unpaired) electrons. The number of anilines is 1. The van der Waals surface area contributed by atoms with E-state index in [0.29, 0.717) is 5.82 Å². The lowest BCUT2D eigenvalue weighted by Crippen LogP contribution is -2.00. The molecule has 0 aliphatic carbocycles. The molecule has 0 unspecified atom stereocenters. The fourth-order valence-corrected chi connectivity index (χ4v) is 1.97. The molecule has 2 N–H and O–H groups in total. The van der Waals surface area contributed by atoms with E-state index >= 15 is 0 Å². The minimum absolute atomic E-state index is 0.648. The van der Waals surface area contributed by atoms with Crippen LogP contribution in [0.2, 0.25) is 0 Å². The van der Waals surface area contributed by atoms with E-state index < -0.39 is 0 Å². The summed E-state index contributed by atoms with van der Waals surface area (Å²) in [6, 6.07) is 9.88. The van der Waals surface area contributed by atoms with Gasteiger partial charge in [0, 0.05) is 30.6 Å². The zero-order valence-electron chi connectivity index (χ0n) is 9.99. The molecular formula is C13H13N5. The molecule has 0 fully saturated rings. The Morgan fingerprint density at radius 1 is 1.06 bits per heavy atom. The number of aryl methyl sites for hydroxylation is 1. The number of hydrogen-bond donors (Lipinski definition) is 1. The second-order valence-electron chi connectivity index (χ2n) is 4.03. The number of nitrogen functional groups attached to an aromatic ring is 1. The highest BCUT2D eigenvalue weighted by molar-refractivity contribution is 5.79. The molecule has 0 saturated heterocycles. The summed E-state index contributed by atoms with van der Waals surface area (Å²) in [5.41, 5.74) is 8.96. The molecule has 0 atom stereocenters. The predicted octanol–water partition coefficient (Wildman–Crippen LogP) is 1.85. The standard InChI is InChI=1S/C13H13N5/c1-17-13(14)11(9-16-17)10-5-2-3-6-12(10)18-8-4-7-15-18/h2-9H,14H2,1H3. The first-order valence-electron chi connectivity index (χ1n) is 5.64. The van der Waals surface area contributed by atoms with Gasteiger partial charge in [0.1, 0.15) is 5.82 Å². The highest BCUT2D eigenvalue weighted by Gasteiger charge is 2.12. The Morgan fingerprint density at radius 2 is 1.89 bits per heavy atom. The van der Waals surface area contributed by atoms with Gasteiger partial charge in [0.15, 0.2) is 0 Å². The number of hydrogen-bond acceptors (Lipinski definition) is 3. The van der Waals surface area contributed by atoms with Crippen molar-refractivity contribution >= 4 is 5.82 Å². The third-order valence-corrected chi connectivity index (χ3v) is 2.93. The summed E-state index contributed by atoms with van der Waals surface area (Å²) < 4.78 is 3.48. The SMILES string of the molecule is Cn1ncc(-c2ccccc2-n2cccn2)c1N. The smallest absolute Gasteiger partial charge is 0.129 e. The molecule has 90 valence electrons. The molecule has 0 bridgehead atoms. The van der Waals surface area contributed by atoms with Crippen molar-refractivity contribution in [2.45, 2.75) is 0 Å². The Labute approximate surface area is 104 Å². The summed E-state index contributed by atoms with van der Waals surface area (Å²) in [6.45, 7) is 0. The van der Waals surface area contributed by atoms with Gasteiger partial charge in [0.25, 0.3) is 0 Å². The highest BCUT2D eigenvalue weighted by Crippen LogP contribution is 2.30. The van der Waals surface area contributed by atoms with Crippen LogP contribution in [0.15, 0.2) is 48.9 Å². The van der Waals surface area contributed by atoms with E-state index in [1.165, 1.54) is 0 Å². The van der Waals surface area contributed by atoms with Crippen LogP contribution in [-0.4, -0.2) is 19.6 Å².